The Kier molecular flexibility index (Phi) is 2.93. The summed E-state index contributed by atoms with van der Waals surface area (Å²) in [4.78, 5) is 0.443. The number of hydrogen-bond acceptors (Lipinski definition) is 5. The molecule has 4 N–H and O–H groups in total. The minimum atomic E-state index is -3.62. The van der Waals surface area contributed by atoms with Crippen LogP contribution in [0.3, 0.4) is 0 Å². The average Bonchev–Trinajstić information content (AvgIpc) is 2.42. The molecule has 1 heterocycles. The molecule has 4 atom stereocenters. The lowest BCUT2D eigenvalue weighted by Gasteiger charge is -2.43. The zero-order valence-corrected chi connectivity index (χ0v) is 9.18. The Morgan fingerprint density at radius 2 is 2.06 bits per heavy atom. The van der Waals surface area contributed by atoms with E-state index in [1.54, 1.807) is 0 Å². The first-order valence-electron chi connectivity index (χ1n) is 8.96. The standard InChI is InChI=1S/C10H21NO4.ClH/c1-2-3-4-11-5-8(13)10(15)9(14)7(11)6-12;/h7-10,12-15H,2-6H2,1H3;1H/t7-,8+,9-,10-;/m1./s1/i1D3,2D2,3D2,4D2;. The van der Waals surface area contributed by atoms with Crippen LogP contribution in [-0.2, 0) is 0 Å². The molecular weight excluding hydrogens is 234 g/mol. The Balaban J connectivity index is 0.00000576. The second kappa shape index (κ2) is 7.42. The van der Waals surface area contributed by atoms with Crippen LogP contribution in [0, 0.1) is 0 Å². The van der Waals surface area contributed by atoms with E-state index in [4.69, 9.17) is 12.3 Å². The maximum absolute atomic E-state index is 9.86. The lowest BCUT2D eigenvalue weighted by Crippen LogP contribution is -2.62. The van der Waals surface area contributed by atoms with Gasteiger partial charge in [-0.15, -0.1) is 12.4 Å². The Bertz CT molecular complexity index is 464. The van der Waals surface area contributed by atoms with Gasteiger partial charge < -0.3 is 20.4 Å². The molecule has 0 aromatic rings. The summed E-state index contributed by atoms with van der Waals surface area (Å²) in [5.41, 5.74) is 0. The minimum absolute atomic E-state index is 0. The SMILES string of the molecule is Cl.[2H]C([2H])([2H])C([2H])([2H])C([2H])([2H])C([2H])([2H])N1C[C@H](O)[C@@H](O)[C@H](O)[C@H]1CO. The molecule has 98 valence electrons. The van der Waals surface area contributed by atoms with Crippen molar-refractivity contribution in [2.75, 3.05) is 19.6 Å². The Morgan fingerprint density at radius 1 is 1.38 bits per heavy atom. The van der Waals surface area contributed by atoms with E-state index in [9.17, 15) is 20.4 Å². The molecular formula is C10H22ClNO4. The highest BCUT2D eigenvalue weighted by molar-refractivity contribution is 5.85. The Morgan fingerprint density at radius 3 is 2.62 bits per heavy atom. The summed E-state index contributed by atoms with van der Waals surface area (Å²) in [6.07, 6.45) is -12.5. The van der Waals surface area contributed by atoms with Crippen molar-refractivity contribution in [1.82, 2.24) is 4.90 Å². The molecule has 6 heteroatoms. The number of hydrogen-bond donors (Lipinski definition) is 4. The highest BCUT2D eigenvalue weighted by Crippen LogP contribution is 2.19. The van der Waals surface area contributed by atoms with Crippen LogP contribution in [0.1, 0.15) is 31.9 Å². The first kappa shape index (κ1) is 6.31. The smallest absolute Gasteiger partial charge is 0.109 e. The molecule has 0 saturated carbocycles. The van der Waals surface area contributed by atoms with E-state index in [1.165, 1.54) is 0 Å². The van der Waals surface area contributed by atoms with Crippen molar-refractivity contribution in [2.24, 2.45) is 0 Å². The summed E-state index contributed by atoms with van der Waals surface area (Å²) in [6, 6.07) is -1.57. The monoisotopic (exact) mass is 264 g/mol. The van der Waals surface area contributed by atoms with Crippen molar-refractivity contribution in [3.05, 3.63) is 0 Å². The number of likely N-dealkylation sites (tertiary alicyclic amines) is 1. The van der Waals surface area contributed by atoms with Crippen LogP contribution in [0.5, 0.6) is 0 Å². The van der Waals surface area contributed by atoms with Gasteiger partial charge in [-0.25, -0.2) is 0 Å². The van der Waals surface area contributed by atoms with Crippen LogP contribution in [0.25, 0.3) is 0 Å². The predicted molar refractivity (Wildman–Crippen MR) is 62.6 cm³/mol. The fourth-order valence-electron chi connectivity index (χ4n) is 1.52. The maximum atomic E-state index is 9.86. The molecule has 0 amide bonds. The Labute approximate surface area is 115 Å². The van der Waals surface area contributed by atoms with Crippen LogP contribution in [0.15, 0.2) is 0 Å². The van der Waals surface area contributed by atoms with E-state index in [0.717, 1.165) is 0 Å². The minimum Gasteiger partial charge on any atom is -0.395 e. The van der Waals surface area contributed by atoms with Crippen LogP contribution in [-0.4, -0.2) is 69.3 Å². The van der Waals surface area contributed by atoms with Gasteiger partial charge in [0.05, 0.1) is 18.8 Å². The topological polar surface area (TPSA) is 84.2 Å². The van der Waals surface area contributed by atoms with E-state index >= 15 is 0 Å². The largest absolute Gasteiger partial charge is 0.395 e. The molecule has 1 rings (SSSR count). The molecule has 0 bridgehead atoms. The van der Waals surface area contributed by atoms with Crippen LogP contribution in [0.2, 0.25) is 0 Å². The third-order valence-electron chi connectivity index (χ3n) is 2.37. The number of piperidine rings is 1. The summed E-state index contributed by atoms with van der Waals surface area (Å²) < 4.78 is 68.0. The fraction of sp³-hybridized carbons (Fsp3) is 1.00. The zero-order chi connectivity index (χ0) is 19.3. The van der Waals surface area contributed by atoms with Gasteiger partial charge in [-0.3, -0.25) is 4.90 Å². The molecule has 1 fully saturated rings. The van der Waals surface area contributed by atoms with Crippen molar-refractivity contribution in [3.63, 3.8) is 0 Å². The highest BCUT2D eigenvalue weighted by Gasteiger charge is 2.40. The summed E-state index contributed by atoms with van der Waals surface area (Å²) in [7, 11) is 0. The lowest BCUT2D eigenvalue weighted by molar-refractivity contribution is -0.145. The third kappa shape index (κ3) is 3.55. The lowest BCUT2D eigenvalue weighted by atomic mass is 9.94. The summed E-state index contributed by atoms with van der Waals surface area (Å²) in [5.74, 6) is 0. The molecule has 0 radical (unpaired) electrons. The number of aliphatic hydroxyl groups excluding tert-OH is 4. The van der Waals surface area contributed by atoms with Gasteiger partial charge >= 0.3 is 0 Å². The van der Waals surface area contributed by atoms with Crippen molar-refractivity contribution < 1.29 is 32.8 Å². The van der Waals surface area contributed by atoms with Gasteiger partial charge in [0.15, 0.2) is 0 Å². The van der Waals surface area contributed by atoms with Crippen molar-refractivity contribution in [3.8, 4) is 0 Å². The molecule has 16 heavy (non-hydrogen) atoms. The molecule has 0 aromatic heterocycles. The van der Waals surface area contributed by atoms with Gasteiger partial charge in [-0.1, -0.05) is 13.2 Å². The Hall–Kier alpha value is 0.0900. The first-order valence-corrected chi connectivity index (χ1v) is 4.46. The molecule has 1 aliphatic heterocycles. The number of β-amino-alcohol motifs (C(OH)–C–C–N with tert-alkyl or cyclic N) is 1. The van der Waals surface area contributed by atoms with Gasteiger partial charge in [-0.05, 0) is 12.9 Å². The summed E-state index contributed by atoms with van der Waals surface area (Å²) in [5, 5.41) is 38.5. The third-order valence-corrected chi connectivity index (χ3v) is 2.37. The van der Waals surface area contributed by atoms with Crippen LogP contribution >= 0.6 is 12.4 Å². The number of rotatable bonds is 4. The number of halogens is 1. The van der Waals surface area contributed by atoms with Gasteiger partial charge in [0.2, 0.25) is 0 Å². The number of nitrogens with zero attached hydrogens (tertiary/aromatic N) is 1. The van der Waals surface area contributed by atoms with Crippen molar-refractivity contribution >= 4 is 12.4 Å². The second-order valence-corrected chi connectivity index (χ2v) is 3.31. The molecule has 0 aromatic carbocycles. The van der Waals surface area contributed by atoms with Gasteiger partial charge in [-0.2, -0.15) is 0 Å². The van der Waals surface area contributed by atoms with Gasteiger partial charge in [0, 0.05) is 18.9 Å². The van der Waals surface area contributed by atoms with Gasteiger partial charge in [0.1, 0.15) is 12.2 Å². The number of aliphatic hydroxyl groups is 4. The highest BCUT2D eigenvalue weighted by atomic mass is 35.5. The van der Waals surface area contributed by atoms with Crippen molar-refractivity contribution in [1.29, 1.82) is 0 Å². The van der Waals surface area contributed by atoms with Crippen molar-refractivity contribution in [2.45, 2.75) is 44.0 Å². The second-order valence-electron chi connectivity index (χ2n) is 3.31. The van der Waals surface area contributed by atoms with Crippen LogP contribution < -0.4 is 0 Å². The normalized spacial score (nSPS) is 47.6. The molecule has 1 saturated heterocycles. The van der Waals surface area contributed by atoms with E-state index in [-0.39, 0.29) is 12.4 Å². The predicted octanol–water partition coefficient (Wildman–Crippen LogP) is -1.03. The van der Waals surface area contributed by atoms with E-state index in [2.05, 4.69) is 0 Å². The summed E-state index contributed by atoms with van der Waals surface area (Å²) in [6.45, 7) is -8.50. The fourth-order valence-corrected chi connectivity index (χ4v) is 1.52. The van der Waals surface area contributed by atoms with E-state index in [1.807, 2.05) is 0 Å². The van der Waals surface area contributed by atoms with Crippen LogP contribution in [0.4, 0.5) is 0 Å². The summed E-state index contributed by atoms with van der Waals surface area (Å²) >= 11 is 0. The molecule has 0 spiro atoms. The zero-order valence-electron chi connectivity index (χ0n) is 17.4. The molecule has 5 nitrogen and oxygen atoms in total. The molecule has 0 aliphatic carbocycles. The van der Waals surface area contributed by atoms with E-state index < -0.39 is 63.6 Å². The quantitative estimate of drug-likeness (QED) is 0.522. The maximum Gasteiger partial charge on any atom is 0.109 e. The molecule has 1 aliphatic rings. The van der Waals surface area contributed by atoms with E-state index in [0.29, 0.717) is 4.90 Å². The average molecular weight is 265 g/mol. The first-order chi connectivity index (χ1) is 10.5. The van der Waals surface area contributed by atoms with Gasteiger partial charge in [0.25, 0.3) is 0 Å². The molecule has 0 unspecified atom stereocenters.